The Labute approximate surface area is 166 Å². The zero-order chi connectivity index (χ0) is 20.3. The second-order valence-electron chi connectivity index (χ2n) is 8.78. The van der Waals surface area contributed by atoms with Crippen LogP contribution in [0.1, 0.15) is 46.5 Å². The summed E-state index contributed by atoms with van der Waals surface area (Å²) >= 11 is 0. The molecular weight excluding hydrogens is 356 g/mol. The van der Waals surface area contributed by atoms with E-state index >= 15 is 0 Å². The molecule has 7 heteroatoms. The van der Waals surface area contributed by atoms with E-state index in [2.05, 4.69) is 16.0 Å². The van der Waals surface area contributed by atoms with E-state index in [1.165, 1.54) is 0 Å². The maximum Gasteiger partial charge on any atom is 0.319 e. The fraction of sp³-hybridized carbons (Fsp3) is 0.571. The highest BCUT2D eigenvalue weighted by molar-refractivity contribution is 5.94. The van der Waals surface area contributed by atoms with Gasteiger partial charge in [0.2, 0.25) is 11.8 Å². The first kappa shape index (κ1) is 20.2. The molecule has 1 heterocycles. The number of hydrogen-bond donors (Lipinski definition) is 3. The van der Waals surface area contributed by atoms with Crippen LogP contribution in [0.2, 0.25) is 0 Å². The van der Waals surface area contributed by atoms with E-state index in [-0.39, 0.29) is 23.8 Å². The summed E-state index contributed by atoms with van der Waals surface area (Å²) in [5.41, 5.74) is 0.917. The number of carbonyl (C=O) groups excluding carboxylic acids is 3. The van der Waals surface area contributed by atoms with Gasteiger partial charge >= 0.3 is 6.03 Å². The highest BCUT2D eigenvalue weighted by Crippen LogP contribution is 2.25. The maximum absolute atomic E-state index is 12.6. The van der Waals surface area contributed by atoms with Crippen molar-refractivity contribution in [2.75, 3.05) is 23.7 Å². The average Bonchev–Trinajstić information content (AvgIpc) is 3.46. The topological polar surface area (TPSA) is 90.5 Å². The van der Waals surface area contributed by atoms with E-state index < -0.39 is 5.41 Å². The van der Waals surface area contributed by atoms with Crippen LogP contribution in [0.4, 0.5) is 16.2 Å². The van der Waals surface area contributed by atoms with E-state index in [1.54, 1.807) is 29.2 Å². The number of likely N-dealkylation sites (tertiary alicyclic amines) is 1. The second kappa shape index (κ2) is 8.20. The fourth-order valence-electron chi connectivity index (χ4n) is 3.31. The van der Waals surface area contributed by atoms with Crippen molar-refractivity contribution in [2.45, 2.75) is 52.5 Å². The molecular formula is C21H30N4O3. The van der Waals surface area contributed by atoms with E-state index in [4.69, 9.17) is 0 Å². The van der Waals surface area contributed by atoms with Gasteiger partial charge in [-0.05, 0) is 49.9 Å². The standard InChI is InChI=1S/C21H30N4O3/c1-21(2,3)19(27)25-12-4-5-14(13-25)18(26)22-15-6-8-16(9-7-15)23-20(28)24-17-10-11-17/h6-9,14,17H,4-5,10-13H2,1-3H3,(H,22,26)(H2,23,24,28). The van der Waals surface area contributed by atoms with Gasteiger partial charge in [0.25, 0.3) is 0 Å². The summed E-state index contributed by atoms with van der Waals surface area (Å²) in [5, 5.41) is 8.57. The molecule has 1 atom stereocenters. The Kier molecular flexibility index (Phi) is 5.91. The van der Waals surface area contributed by atoms with E-state index in [9.17, 15) is 14.4 Å². The van der Waals surface area contributed by atoms with Crippen molar-refractivity contribution in [1.29, 1.82) is 0 Å². The molecule has 2 fully saturated rings. The quantitative estimate of drug-likeness (QED) is 0.742. The van der Waals surface area contributed by atoms with Gasteiger partial charge in [0.15, 0.2) is 0 Å². The molecule has 1 aliphatic heterocycles. The predicted octanol–water partition coefficient (Wildman–Crippen LogP) is 3.19. The van der Waals surface area contributed by atoms with E-state index in [1.807, 2.05) is 20.8 Å². The lowest BCUT2D eigenvalue weighted by Gasteiger charge is -2.35. The van der Waals surface area contributed by atoms with Crippen molar-refractivity contribution < 1.29 is 14.4 Å². The van der Waals surface area contributed by atoms with Gasteiger partial charge in [0.05, 0.1) is 5.92 Å². The summed E-state index contributed by atoms with van der Waals surface area (Å²) in [4.78, 5) is 38.7. The number of benzene rings is 1. The molecule has 1 aromatic carbocycles. The molecule has 2 aliphatic rings. The third-order valence-electron chi connectivity index (χ3n) is 5.04. The lowest BCUT2D eigenvalue weighted by Crippen LogP contribution is -2.47. The first-order valence-electron chi connectivity index (χ1n) is 10.0. The van der Waals surface area contributed by atoms with Gasteiger partial charge in [-0.15, -0.1) is 0 Å². The van der Waals surface area contributed by atoms with Crippen molar-refractivity contribution in [3.8, 4) is 0 Å². The number of carbonyl (C=O) groups is 3. The molecule has 152 valence electrons. The van der Waals surface area contributed by atoms with Gasteiger partial charge < -0.3 is 20.9 Å². The molecule has 1 saturated heterocycles. The maximum atomic E-state index is 12.6. The molecule has 0 aromatic heterocycles. The van der Waals surface area contributed by atoms with Gasteiger partial charge in [-0.1, -0.05) is 20.8 Å². The Morgan fingerprint density at radius 3 is 2.14 bits per heavy atom. The number of nitrogens with zero attached hydrogens (tertiary/aromatic N) is 1. The van der Waals surface area contributed by atoms with E-state index in [0.29, 0.717) is 30.5 Å². The highest BCUT2D eigenvalue weighted by Gasteiger charge is 2.33. The summed E-state index contributed by atoms with van der Waals surface area (Å²) in [5.74, 6) is -0.189. The van der Waals surface area contributed by atoms with Crippen LogP contribution in [0.15, 0.2) is 24.3 Å². The van der Waals surface area contributed by atoms with Crippen LogP contribution >= 0.6 is 0 Å². The lowest BCUT2D eigenvalue weighted by molar-refractivity contribution is -0.142. The van der Waals surface area contributed by atoms with Crippen molar-refractivity contribution in [2.24, 2.45) is 11.3 Å². The molecule has 0 spiro atoms. The zero-order valence-corrected chi connectivity index (χ0v) is 16.9. The Morgan fingerprint density at radius 2 is 1.57 bits per heavy atom. The lowest BCUT2D eigenvalue weighted by atomic mass is 9.91. The Balaban J connectivity index is 1.52. The number of rotatable bonds is 4. The van der Waals surface area contributed by atoms with Gasteiger partial charge in [0, 0.05) is 35.9 Å². The number of amides is 4. The number of piperidine rings is 1. The van der Waals surface area contributed by atoms with E-state index in [0.717, 1.165) is 25.7 Å². The summed E-state index contributed by atoms with van der Waals surface area (Å²) in [6, 6.07) is 7.16. The third-order valence-corrected chi connectivity index (χ3v) is 5.04. The van der Waals surface area contributed by atoms with Crippen LogP contribution in [-0.2, 0) is 9.59 Å². The Bertz CT molecular complexity index is 735. The fourth-order valence-corrected chi connectivity index (χ4v) is 3.31. The zero-order valence-electron chi connectivity index (χ0n) is 16.9. The summed E-state index contributed by atoms with van der Waals surface area (Å²) in [6.07, 6.45) is 3.69. The van der Waals surface area contributed by atoms with Crippen LogP contribution in [0.5, 0.6) is 0 Å². The SMILES string of the molecule is CC(C)(C)C(=O)N1CCCC(C(=O)Nc2ccc(NC(=O)NC3CC3)cc2)C1. The van der Waals surface area contributed by atoms with Crippen LogP contribution in [0.3, 0.4) is 0 Å². The molecule has 1 unspecified atom stereocenters. The number of nitrogens with one attached hydrogen (secondary N) is 3. The second-order valence-corrected chi connectivity index (χ2v) is 8.78. The van der Waals surface area contributed by atoms with Crippen molar-refractivity contribution in [3.63, 3.8) is 0 Å². The molecule has 3 N–H and O–H groups in total. The number of urea groups is 1. The number of hydrogen-bond acceptors (Lipinski definition) is 3. The first-order valence-corrected chi connectivity index (χ1v) is 10.0. The monoisotopic (exact) mass is 386 g/mol. The molecule has 4 amide bonds. The molecule has 1 aromatic rings. The molecule has 1 aliphatic carbocycles. The third kappa shape index (κ3) is 5.47. The van der Waals surface area contributed by atoms with Crippen LogP contribution in [0, 0.1) is 11.3 Å². The molecule has 3 rings (SSSR count). The van der Waals surface area contributed by atoms with Crippen LogP contribution in [0.25, 0.3) is 0 Å². The molecule has 7 nitrogen and oxygen atoms in total. The minimum Gasteiger partial charge on any atom is -0.341 e. The minimum atomic E-state index is -0.438. The normalized spacial score (nSPS) is 19.7. The first-order chi connectivity index (χ1) is 13.2. The highest BCUT2D eigenvalue weighted by atomic mass is 16.2. The summed E-state index contributed by atoms with van der Waals surface area (Å²) in [6.45, 7) is 6.88. The van der Waals surface area contributed by atoms with Crippen molar-refractivity contribution >= 4 is 29.2 Å². The van der Waals surface area contributed by atoms with Gasteiger partial charge in [0.1, 0.15) is 0 Å². The minimum absolute atomic E-state index is 0.0707. The smallest absolute Gasteiger partial charge is 0.319 e. The van der Waals surface area contributed by atoms with Gasteiger partial charge in [-0.2, -0.15) is 0 Å². The molecule has 1 saturated carbocycles. The summed E-state index contributed by atoms with van der Waals surface area (Å²) in [7, 11) is 0. The Morgan fingerprint density at radius 1 is 0.964 bits per heavy atom. The van der Waals surface area contributed by atoms with Crippen molar-refractivity contribution in [1.82, 2.24) is 10.2 Å². The van der Waals surface area contributed by atoms with Gasteiger partial charge in [-0.25, -0.2) is 4.79 Å². The largest absolute Gasteiger partial charge is 0.341 e. The molecule has 0 radical (unpaired) electrons. The van der Waals surface area contributed by atoms with Crippen molar-refractivity contribution in [3.05, 3.63) is 24.3 Å². The molecule has 28 heavy (non-hydrogen) atoms. The molecule has 0 bridgehead atoms. The average molecular weight is 386 g/mol. The van der Waals surface area contributed by atoms with Gasteiger partial charge in [-0.3, -0.25) is 9.59 Å². The predicted molar refractivity (Wildman–Crippen MR) is 109 cm³/mol. The van der Waals surface area contributed by atoms with Crippen LogP contribution < -0.4 is 16.0 Å². The van der Waals surface area contributed by atoms with Crippen LogP contribution in [-0.4, -0.2) is 41.9 Å². The Hall–Kier alpha value is -2.57. The summed E-state index contributed by atoms with van der Waals surface area (Å²) < 4.78 is 0. The number of anilines is 2.